The lowest BCUT2D eigenvalue weighted by molar-refractivity contribution is -0.00126. The van der Waals surface area contributed by atoms with E-state index >= 15 is 0 Å². The molecule has 0 saturated heterocycles. The molecule has 2 bridgehead atoms. The second-order valence-electron chi connectivity index (χ2n) is 7.13. The summed E-state index contributed by atoms with van der Waals surface area (Å²) in [6, 6.07) is 7.57. The number of allylic oxidation sites excluding steroid dienone is 2. The van der Waals surface area contributed by atoms with Gasteiger partial charge in [-0.1, -0.05) is 43.7 Å². The largest absolute Gasteiger partial charge is 0.250 e. The molecule has 1 aromatic carbocycles. The molecule has 0 unspecified atom stereocenters. The van der Waals surface area contributed by atoms with E-state index in [0.717, 1.165) is 17.9 Å². The van der Waals surface area contributed by atoms with Gasteiger partial charge < -0.3 is 0 Å². The maximum atomic E-state index is 6.29. The first-order chi connectivity index (χ1) is 11.5. The van der Waals surface area contributed by atoms with Crippen molar-refractivity contribution in [2.45, 2.75) is 26.7 Å². The van der Waals surface area contributed by atoms with E-state index < -0.39 is 0 Å². The SMILES string of the molecule is CC1(C)[C@H]2CC=C(/C=N\n3c(-c4ccccc4Cl)n[nH]c3=S)[C@H]1C2. The molecule has 5 rings (SSSR count). The Balaban J connectivity index is 1.69. The van der Waals surface area contributed by atoms with Gasteiger partial charge in [-0.25, -0.2) is 5.10 Å². The van der Waals surface area contributed by atoms with Crippen LogP contribution in [0, 0.1) is 22.0 Å². The number of halogens is 1. The minimum Gasteiger partial charge on any atom is -0.250 e. The summed E-state index contributed by atoms with van der Waals surface area (Å²) < 4.78 is 2.11. The molecule has 1 N–H and O–H groups in total. The molecule has 1 saturated carbocycles. The number of aromatic amines is 1. The molecule has 0 radical (unpaired) electrons. The Morgan fingerprint density at radius 1 is 1.42 bits per heavy atom. The van der Waals surface area contributed by atoms with Crippen molar-refractivity contribution in [3.63, 3.8) is 0 Å². The number of H-pyrrole nitrogens is 1. The highest BCUT2D eigenvalue weighted by molar-refractivity contribution is 7.71. The van der Waals surface area contributed by atoms with Crippen molar-refractivity contribution >= 4 is 30.0 Å². The zero-order chi connectivity index (χ0) is 16.9. The molecular formula is C18H19ClN4S. The highest BCUT2D eigenvalue weighted by Crippen LogP contribution is 2.58. The first-order valence-electron chi connectivity index (χ1n) is 8.15. The van der Waals surface area contributed by atoms with Gasteiger partial charge >= 0.3 is 0 Å². The average molecular weight is 359 g/mol. The topological polar surface area (TPSA) is 46.0 Å². The third-order valence-corrected chi connectivity index (χ3v) is 6.19. The lowest BCUT2D eigenvalue weighted by Crippen LogP contribution is -2.48. The van der Waals surface area contributed by atoms with Crippen LogP contribution in [0.5, 0.6) is 0 Å². The molecule has 24 heavy (non-hydrogen) atoms. The molecule has 1 aromatic heterocycles. The molecule has 1 heterocycles. The highest BCUT2D eigenvalue weighted by Gasteiger charge is 2.50. The monoisotopic (exact) mass is 358 g/mol. The zero-order valence-electron chi connectivity index (χ0n) is 13.7. The average Bonchev–Trinajstić information content (AvgIpc) is 2.94. The van der Waals surface area contributed by atoms with Gasteiger partial charge in [0.25, 0.3) is 0 Å². The van der Waals surface area contributed by atoms with Crippen LogP contribution >= 0.6 is 23.8 Å². The van der Waals surface area contributed by atoms with Crippen LogP contribution in [0.25, 0.3) is 11.4 Å². The Bertz CT molecular complexity index is 906. The number of rotatable bonds is 3. The zero-order valence-corrected chi connectivity index (χ0v) is 15.2. The van der Waals surface area contributed by atoms with Crippen molar-refractivity contribution < 1.29 is 0 Å². The predicted molar refractivity (Wildman–Crippen MR) is 99.8 cm³/mol. The van der Waals surface area contributed by atoms with E-state index in [1.807, 2.05) is 30.5 Å². The summed E-state index contributed by atoms with van der Waals surface area (Å²) in [7, 11) is 0. The molecule has 124 valence electrons. The third kappa shape index (κ3) is 2.38. The van der Waals surface area contributed by atoms with Crippen molar-refractivity contribution in [1.29, 1.82) is 0 Å². The molecule has 2 aromatic rings. The van der Waals surface area contributed by atoms with Crippen molar-refractivity contribution in [2.24, 2.45) is 22.4 Å². The van der Waals surface area contributed by atoms with E-state index in [9.17, 15) is 0 Å². The van der Waals surface area contributed by atoms with Crippen molar-refractivity contribution in [3.8, 4) is 11.4 Å². The van der Waals surface area contributed by atoms with Gasteiger partial charge in [0.15, 0.2) is 5.82 Å². The van der Waals surface area contributed by atoms with Crippen LogP contribution in [0.15, 0.2) is 41.0 Å². The summed E-state index contributed by atoms with van der Waals surface area (Å²) in [6.45, 7) is 4.71. The first kappa shape index (κ1) is 15.8. The third-order valence-electron chi connectivity index (χ3n) is 5.60. The summed E-state index contributed by atoms with van der Waals surface area (Å²) in [5.41, 5.74) is 2.49. The van der Waals surface area contributed by atoms with Crippen molar-refractivity contribution in [2.75, 3.05) is 0 Å². The van der Waals surface area contributed by atoms with Gasteiger partial charge in [-0.2, -0.15) is 14.9 Å². The minimum absolute atomic E-state index is 0.375. The molecular weight excluding hydrogens is 340 g/mol. The maximum Gasteiger partial charge on any atom is 0.216 e. The fraction of sp³-hybridized carbons (Fsp3) is 0.389. The molecule has 0 amide bonds. The maximum absolute atomic E-state index is 6.29. The Hall–Kier alpha value is -1.72. The van der Waals surface area contributed by atoms with Crippen LogP contribution in [0.2, 0.25) is 5.02 Å². The quantitative estimate of drug-likeness (QED) is 0.613. The summed E-state index contributed by atoms with van der Waals surface area (Å²) in [5, 5.41) is 12.4. The van der Waals surface area contributed by atoms with Gasteiger partial charge in [0.2, 0.25) is 4.77 Å². The Morgan fingerprint density at radius 2 is 2.21 bits per heavy atom. The second-order valence-corrected chi connectivity index (χ2v) is 7.93. The number of hydrogen-bond donors (Lipinski definition) is 1. The Labute approximate surface area is 151 Å². The lowest BCUT2D eigenvalue weighted by Gasteiger charge is -2.55. The van der Waals surface area contributed by atoms with Gasteiger partial charge in [0.1, 0.15) is 0 Å². The summed E-state index contributed by atoms with van der Waals surface area (Å²) in [4.78, 5) is 0. The molecule has 3 aliphatic carbocycles. The molecule has 2 atom stereocenters. The van der Waals surface area contributed by atoms with Gasteiger partial charge in [0, 0.05) is 5.56 Å². The Kier molecular flexibility index (Phi) is 3.73. The number of nitrogens with zero attached hydrogens (tertiary/aromatic N) is 3. The van der Waals surface area contributed by atoms with E-state index in [2.05, 4.69) is 35.2 Å². The van der Waals surface area contributed by atoms with Gasteiger partial charge in [0.05, 0.1) is 11.2 Å². The summed E-state index contributed by atoms with van der Waals surface area (Å²) in [5.74, 6) is 2.03. The second kappa shape index (κ2) is 5.67. The number of benzene rings is 1. The molecule has 0 spiro atoms. The van der Waals surface area contributed by atoms with E-state index in [-0.39, 0.29) is 0 Å². The summed E-state index contributed by atoms with van der Waals surface area (Å²) in [6.07, 6.45) is 6.65. The number of aromatic nitrogens is 3. The smallest absolute Gasteiger partial charge is 0.216 e. The predicted octanol–water partition coefficient (Wildman–Crippen LogP) is 5.09. The lowest BCUT2D eigenvalue weighted by atomic mass is 9.49. The Morgan fingerprint density at radius 3 is 2.92 bits per heavy atom. The van der Waals surface area contributed by atoms with Crippen molar-refractivity contribution in [3.05, 3.63) is 45.7 Å². The number of nitrogens with one attached hydrogen (secondary N) is 1. The molecule has 4 nitrogen and oxygen atoms in total. The molecule has 0 aliphatic heterocycles. The van der Waals surface area contributed by atoms with E-state index in [1.54, 1.807) is 4.68 Å². The van der Waals surface area contributed by atoms with E-state index in [0.29, 0.717) is 27.0 Å². The van der Waals surface area contributed by atoms with Crippen LogP contribution in [0.4, 0.5) is 0 Å². The van der Waals surface area contributed by atoms with E-state index in [1.165, 1.54) is 12.0 Å². The van der Waals surface area contributed by atoms with Gasteiger partial charge in [-0.15, -0.1) is 0 Å². The fourth-order valence-corrected chi connectivity index (χ4v) is 4.28. The van der Waals surface area contributed by atoms with Crippen LogP contribution < -0.4 is 0 Å². The number of hydrogen-bond acceptors (Lipinski definition) is 3. The normalized spacial score (nSPS) is 24.7. The van der Waals surface area contributed by atoms with E-state index in [4.69, 9.17) is 23.8 Å². The van der Waals surface area contributed by atoms with Crippen LogP contribution in [-0.4, -0.2) is 21.1 Å². The van der Waals surface area contributed by atoms with Crippen LogP contribution in [0.3, 0.4) is 0 Å². The van der Waals surface area contributed by atoms with Crippen molar-refractivity contribution in [1.82, 2.24) is 14.9 Å². The molecule has 1 fully saturated rings. The summed E-state index contributed by atoms with van der Waals surface area (Å²) >= 11 is 11.6. The van der Waals surface area contributed by atoms with Gasteiger partial charge in [-0.05, 0) is 60.0 Å². The van der Waals surface area contributed by atoms with Crippen LogP contribution in [-0.2, 0) is 0 Å². The minimum atomic E-state index is 0.375. The molecule has 3 aliphatic rings. The standard InChI is InChI=1S/C18H19ClN4S/c1-18(2)12-8-7-11(14(18)9-12)10-20-23-16(21-22-17(23)24)13-5-3-4-6-15(13)19/h3-7,10,12,14H,8-9H2,1-2H3,(H,22,24)/b20-10-/t12-,14+/m0/s1. The first-order valence-corrected chi connectivity index (χ1v) is 8.94. The number of fused-ring (bicyclic) bond motifs is 1. The highest BCUT2D eigenvalue weighted by atomic mass is 35.5. The van der Waals surface area contributed by atoms with Gasteiger partial charge in [-0.3, -0.25) is 0 Å². The fourth-order valence-electron chi connectivity index (χ4n) is 3.88. The molecule has 6 heteroatoms. The van der Waals surface area contributed by atoms with Crippen LogP contribution in [0.1, 0.15) is 26.7 Å².